The highest BCUT2D eigenvalue weighted by molar-refractivity contribution is 5.86. The molecule has 1 aliphatic rings. The van der Waals surface area contributed by atoms with E-state index >= 15 is 0 Å². The fourth-order valence-electron chi connectivity index (χ4n) is 2.25. The van der Waals surface area contributed by atoms with E-state index in [1.165, 1.54) is 0 Å². The van der Waals surface area contributed by atoms with Crippen LogP contribution in [0.1, 0.15) is 38.7 Å². The molecular formula is C15H22N2O2. The summed E-state index contributed by atoms with van der Waals surface area (Å²) < 4.78 is 0. The van der Waals surface area contributed by atoms with Crippen LogP contribution in [0.4, 0.5) is 5.69 Å². The molecule has 2 unspecified atom stereocenters. The predicted octanol–water partition coefficient (Wildman–Crippen LogP) is 1.86. The minimum Gasteiger partial charge on any atom is -0.391 e. The van der Waals surface area contributed by atoms with Crippen molar-refractivity contribution in [2.24, 2.45) is 0 Å². The van der Waals surface area contributed by atoms with Gasteiger partial charge >= 0.3 is 0 Å². The summed E-state index contributed by atoms with van der Waals surface area (Å²) in [6.45, 7) is 6.16. The molecule has 19 heavy (non-hydrogen) atoms. The van der Waals surface area contributed by atoms with Crippen LogP contribution in [0.5, 0.6) is 0 Å². The Morgan fingerprint density at radius 2 is 2.16 bits per heavy atom. The zero-order chi connectivity index (χ0) is 14.0. The average molecular weight is 262 g/mol. The molecule has 0 fully saturated rings. The largest absolute Gasteiger partial charge is 0.391 e. The number of anilines is 1. The van der Waals surface area contributed by atoms with Crippen molar-refractivity contribution in [2.45, 2.75) is 44.8 Å². The number of aliphatic hydroxyl groups is 1. The summed E-state index contributed by atoms with van der Waals surface area (Å²) >= 11 is 0. The van der Waals surface area contributed by atoms with Crippen LogP contribution in [0.3, 0.4) is 0 Å². The van der Waals surface area contributed by atoms with E-state index in [0.717, 1.165) is 24.2 Å². The van der Waals surface area contributed by atoms with Gasteiger partial charge in [-0.15, -0.1) is 0 Å². The molecule has 3 N–H and O–H groups in total. The van der Waals surface area contributed by atoms with E-state index in [0.29, 0.717) is 0 Å². The number of hydrogen-bond acceptors (Lipinski definition) is 3. The van der Waals surface area contributed by atoms with Gasteiger partial charge in [-0.05, 0) is 38.8 Å². The lowest BCUT2D eigenvalue weighted by Gasteiger charge is -2.33. The van der Waals surface area contributed by atoms with E-state index in [2.05, 4.69) is 10.6 Å². The number of carbonyl (C=O) groups excluding carboxylic acids is 1. The van der Waals surface area contributed by atoms with Gasteiger partial charge in [0.05, 0.1) is 17.6 Å². The van der Waals surface area contributed by atoms with Crippen molar-refractivity contribution in [1.82, 2.24) is 5.32 Å². The number of amides is 1. The van der Waals surface area contributed by atoms with Crippen molar-refractivity contribution < 1.29 is 9.90 Å². The summed E-state index contributed by atoms with van der Waals surface area (Å²) in [7, 11) is 0. The fourth-order valence-corrected chi connectivity index (χ4v) is 2.25. The van der Waals surface area contributed by atoms with Crippen LogP contribution in [-0.4, -0.2) is 29.2 Å². The van der Waals surface area contributed by atoms with Crippen LogP contribution >= 0.6 is 0 Å². The van der Waals surface area contributed by atoms with E-state index in [1.54, 1.807) is 6.92 Å². The summed E-state index contributed by atoms with van der Waals surface area (Å²) in [5, 5.41) is 15.9. The van der Waals surface area contributed by atoms with Crippen LogP contribution in [0.15, 0.2) is 24.3 Å². The minimum absolute atomic E-state index is 0.0140. The van der Waals surface area contributed by atoms with Crippen LogP contribution in [0, 0.1) is 0 Å². The number of fused-ring (bicyclic) bond motifs is 1. The molecule has 1 heterocycles. The Kier molecular flexibility index (Phi) is 3.80. The first-order valence-corrected chi connectivity index (χ1v) is 6.74. The Bertz CT molecular complexity index is 469. The maximum Gasteiger partial charge on any atom is 0.228 e. The SMILES string of the molecule is CC(O)C(C)(C)NC(=O)C1CCNc2ccccc21. The molecule has 0 bridgehead atoms. The summed E-state index contributed by atoms with van der Waals surface area (Å²) in [5.41, 5.74) is 1.45. The molecule has 0 spiro atoms. The van der Waals surface area contributed by atoms with E-state index in [9.17, 15) is 9.90 Å². The highest BCUT2D eigenvalue weighted by atomic mass is 16.3. The third-order valence-corrected chi connectivity index (χ3v) is 3.89. The Hall–Kier alpha value is -1.55. The van der Waals surface area contributed by atoms with Crippen LogP contribution < -0.4 is 10.6 Å². The lowest BCUT2D eigenvalue weighted by molar-refractivity contribution is -0.125. The van der Waals surface area contributed by atoms with Gasteiger partial charge < -0.3 is 15.7 Å². The minimum atomic E-state index is -0.614. The lowest BCUT2D eigenvalue weighted by atomic mass is 9.88. The van der Waals surface area contributed by atoms with Gasteiger partial charge in [0.1, 0.15) is 0 Å². The first-order valence-electron chi connectivity index (χ1n) is 6.74. The molecule has 1 amide bonds. The number of aliphatic hydroxyl groups excluding tert-OH is 1. The van der Waals surface area contributed by atoms with Crippen molar-refractivity contribution in [3.05, 3.63) is 29.8 Å². The monoisotopic (exact) mass is 262 g/mol. The van der Waals surface area contributed by atoms with Crippen molar-refractivity contribution in [3.8, 4) is 0 Å². The molecule has 0 saturated heterocycles. The van der Waals surface area contributed by atoms with Crippen LogP contribution in [0.25, 0.3) is 0 Å². The van der Waals surface area contributed by atoms with Gasteiger partial charge in [-0.2, -0.15) is 0 Å². The number of hydrogen-bond donors (Lipinski definition) is 3. The summed E-state index contributed by atoms with van der Waals surface area (Å²) in [5.74, 6) is -0.157. The Morgan fingerprint density at radius 3 is 2.84 bits per heavy atom. The lowest BCUT2D eigenvalue weighted by Crippen LogP contribution is -2.52. The molecule has 0 aliphatic carbocycles. The quantitative estimate of drug-likeness (QED) is 0.779. The molecule has 1 aromatic rings. The fraction of sp³-hybridized carbons (Fsp3) is 0.533. The van der Waals surface area contributed by atoms with Crippen molar-refractivity contribution in [3.63, 3.8) is 0 Å². The topological polar surface area (TPSA) is 61.4 Å². The van der Waals surface area contributed by atoms with Crippen molar-refractivity contribution >= 4 is 11.6 Å². The summed E-state index contributed by atoms with van der Waals surface area (Å²) in [4.78, 5) is 12.4. The van der Waals surface area contributed by atoms with Gasteiger partial charge in [0.2, 0.25) is 5.91 Å². The first-order chi connectivity index (χ1) is 8.92. The van der Waals surface area contributed by atoms with E-state index < -0.39 is 11.6 Å². The normalized spacial score (nSPS) is 20.1. The Morgan fingerprint density at radius 1 is 1.47 bits per heavy atom. The second-order valence-electron chi connectivity index (χ2n) is 5.74. The van der Waals surface area contributed by atoms with Crippen molar-refractivity contribution in [2.75, 3.05) is 11.9 Å². The van der Waals surface area contributed by atoms with Gasteiger partial charge in [0.25, 0.3) is 0 Å². The second kappa shape index (κ2) is 5.21. The molecule has 0 saturated carbocycles. The van der Waals surface area contributed by atoms with E-state index in [1.807, 2.05) is 38.1 Å². The highest BCUT2D eigenvalue weighted by Gasteiger charge is 2.32. The van der Waals surface area contributed by atoms with Gasteiger partial charge in [-0.25, -0.2) is 0 Å². The molecule has 0 aromatic heterocycles. The molecule has 0 radical (unpaired) electrons. The second-order valence-corrected chi connectivity index (χ2v) is 5.74. The number of carbonyl (C=O) groups is 1. The highest BCUT2D eigenvalue weighted by Crippen LogP contribution is 2.31. The zero-order valence-electron chi connectivity index (χ0n) is 11.7. The zero-order valence-corrected chi connectivity index (χ0v) is 11.7. The number of para-hydroxylation sites is 1. The average Bonchev–Trinajstić information content (AvgIpc) is 2.37. The molecule has 2 atom stereocenters. The molecule has 1 aromatic carbocycles. The smallest absolute Gasteiger partial charge is 0.228 e. The van der Waals surface area contributed by atoms with Gasteiger partial charge in [0.15, 0.2) is 0 Å². The third-order valence-electron chi connectivity index (χ3n) is 3.89. The van der Waals surface area contributed by atoms with E-state index in [4.69, 9.17) is 0 Å². The Labute approximate surface area is 114 Å². The molecule has 104 valence electrons. The summed E-state index contributed by atoms with van der Waals surface area (Å²) in [6.07, 6.45) is 0.187. The molecule has 2 rings (SSSR count). The third kappa shape index (κ3) is 2.89. The number of rotatable bonds is 3. The van der Waals surface area contributed by atoms with Gasteiger partial charge in [-0.1, -0.05) is 18.2 Å². The standard InChI is InChI=1S/C15H22N2O2/c1-10(18)15(2,3)17-14(19)12-8-9-16-13-7-5-4-6-11(12)13/h4-7,10,12,16,18H,8-9H2,1-3H3,(H,17,19). The van der Waals surface area contributed by atoms with Crippen LogP contribution in [-0.2, 0) is 4.79 Å². The molecular weight excluding hydrogens is 240 g/mol. The number of benzene rings is 1. The van der Waals surface area contributed by atoms with Gasteiger partial charge in [-0.3, -0.25) is 4.79 Å². The predicted molar refractivity (Wildman–Crippen MR) is 76.2 cm³/mol. The molecule has 1 aliphatic heterocycles. The first kappa shape index (κ1) is 13.9. The molecule has 4 heteroatoms. The molecule has 4 nitrogen and oxygen atoms in total. The van der Waals surface area contributed by atoms with E-state index in [-0.39, 0.29) is 11.8 Å². The summed E-state index contributed by atoms with van der Waals surface area (Å²) in [6, 6.07) is 7.90. The Balaban J connectivity index is 2.18. The number of nitrogens with one attached hydrogen (secondary N) is 2. The van der Waals surface area contributed by atoms with Crippen LogP contribution in [0.2, 0.25) is 0 Å². The van der Waals surface area contributed by atoms with Gasteiger partial charge in [0, 0.05) is 12.2 Å². The van der Waals surface area contributed by atoms with Crippen molar-refractivity contribution in [1.29, 1.82) is 0 Å². The maximum absolute atomic E-state index is 12.4. The maximum atomic E-state index is 12.4.